The van der Waals surface area contributed by atoms with Gasteiger partial charge in [-0.1, -0.05) is 11.6 Å². The average molecular weight is 475 g/mol. The fourth-order valence-electron chi connectivity index (χ4n) is 3.80. The maximum absolute atomic E-state index is 13.7. The first-order valence-electron chi connectivity index (χ1n) is 10.3. The van der Waals surface area contributed by atoms with Gasteiger partial charge < -0.3 is 4.90 Å². The van der Waals surface area contributed by atoms with Crippen molar-refractivity contribution < 1.29 is 13.2 Å². The molecule has 0 saturated heterocycles. The first-order chi connectivity index (χ1) is 15.8. The third-order valence-corrected chi connectivity index (χ3v) is 5.79. The molecule has 0 radical (unpaired) electrons. The van der Waals surface area contributed by atoms with Crippen LogP contribution in [-0.2, 0) is 6.18 Å². The second kappa shape index (κ2) is 8.22. The molecule has 170 valence electrons. The molecule has 1 aromatic carbocycles. The van der Waals surface area contributed by atoms with E-state index in [1.165, 1.54) is 17.1 Å². The van der Waals surface area contributed by atoms with E-state index in [0.29, 0.717) is 30.1 Å². The molecule has 8 nitrogen and oxygen atoms in total. The maximum Gasteiger partial charge on any atom is 0.418 e. The smallest absolute Gasteiger partial charge is 0.346 e. The Labute approximate surface area is 191 Å². The lowest BCUT2D eigenvalue weighted by atomic mass is 10.1. The van der Waals surface area contributed by atoms with Crippen molar-refractivity contribution in [1.29, 1.82) is 0 Å². The number of rotatable bonds is 6. The van der Waals surface area contributed by atoms with Gasteiger partial charge in [-0.2, -0.15) is 23.0 Å². The lowest BCUT2D eigenvalue weighted by Gasteiger charge is -2.30. The van der Waals surface area contributed by atoms with Crippen molar-refractivity contribution in [2.24, 2.45) is 5.92 Å². The number of hydrogen-bond acceptors (Lipinski definition) is 7. The van der Waals surface area contributed by atoms with Gasteiger partial charge in [0.15, 0.2) is 5.82 Å². The van der Waals surface area contributed by atoms with Crippen LogP contribution in [0.5, 0.6) is 0 Å². The molecule has 0 bridgehead atoms. The van der Waals surface area contributed by atoms with Gasteiger partial charge in [-0.05, 0) is 43.9 Å². The number of benzene rings is 1. The third-order valence-electron chi connectivity index (χ3n) is 5.57. The van der Waals surface area contributed by atoms with Crippen LogP contribution in [0.2, 0.25) is 5.02 Å². The van der Waals surface area contributed by atoms with E-state index in [1.54, 1.807) is 18.5 Å². The predicted molar refractivity (Wildman–Crippen MR) is 115 cm³/mol. The molecule has 33 heavy (non-hydrogen) atoms. The van der Waals surface area contributed by atoms with E-state index >= 15 is 0 Å². The molecule has 4 aromatic rings. The van der Waals surface area contributed by atoms with Gasteiger partial charge in [0.2, 0.25) is 0 Å². The summed E-state index contributed by atoms with van der Waals surface area (Å²) in [6, 6.07) is 3.65. The lowest BCUT2D eigenvalue weighted by Crippen LogP contribution is -2.32. The first-order valence-corrected chi connectivity index (χ1v) is 10.7. The molecule has 5 rings (SSSR count). The third kappa shape index (κ3) is 4.20. The number of anilines is 1. The fourth-order valence-corrected chi connectivity index (χ4v) is 4.02. The minimum atomic E-state index is -4.60. The Morgan fingerprint density at radius 1 is 1.09 bits per heavy atom. The Kier molecular flexibility index (Phi) is 5.35. The van der Waals surface area contributed by atoms with Gasteiger partial charge in [-0.25, -0.2) is 24.9 Å². The second-order valence-corrected chi connectivity index (χ2v) is 8.33. The molecule has 1 saturated carbocycles. The van der Waals surface area contributed by atoms with Gasteiger partial charge in [0.05, 0.1) is 17.1 Å². The molecule has 0 amide bonds. The quantitative estimate of drug-likeness (QED) is 0.402. The zero-order valence-electron chi connectivity index (χ0n) is 17.4. The van der Waals surface area contributed by atoms with Crippen LogP contribution in [0.1, 0.15) is 37.2 Å². The van der Waals surface area contributed by atoms with Crippen molar-refractivity contribution in [2.45, 2.75) is 32.0 Å². The molecule has 12 heteroatoms. The van der Waals surface area contributed by atoms with Crippen LogP contribution in [0.3, 0.4) is 0 Å². The Hall–Kier alpha value is -3.34. The Morgan fingerprint density at radius 3 is 2.55 bits per heavy atom. The van der Waals surface area contributed by atoms with Gasteiger partial charge >= 0.3 is 6.18 Å². The van der Waals surface area contributed by atoms with Gasteiger partial charge in [0.1, 0.15) is 18.5 Å². The fraction of sp³-hybridized carbons (Fsp3) is 0.333. The Morgan fingerprint density at radius 2 is 1.85 bits per heavy atom. The topological polar surface area (TPSA) is 85.5 Å². The SMILES string of the molecule is C[C@@H](c1ncnn1-c1ncccn1)N(CC1CC1)c1ncnc2c(C(F)(F)F)cc(Cl)cc12. The standard InChI is InChI=1S/C21H18ClF3N8/c1-12(18-30-11-31-33(18)20-26-5-2-6-27-20)32(9-13-3-4-13)19-15-7-14(22)8-16(21(23,24)25)17(15)28-10-29-19/h2,5-8,10-13H,3-4,9H2,1H3/t12-/m0/s1. The molecule has 1 fully saturated rings. The van der Waals surface area contributed by atoms with Crippen molar-refractivity contribution >= 4 is 28.3 Å². The van der Waals surface area contributed by atoms with Gasteiger partial charge in [0, 0.05) is 29.3 Å². The number of alkyl halides is 3. The van der Waals surface area contributed by atoms with E-state index in [0.717, 1.165) is 25.2 Å². The zero-order chi connectivity index (χ0) is 23.2. The highest BCUT2D eigenvalue weighted by atomic mass is 35.5. The zero-order valence-corrected chi connectivity index (χ0v) is 18.2. The van der Waals surface area contributed by atoms with Crippen LogP contribution in [-0.4, -0.2) is 41.2 Å². The van der Waals surface area contributed by atoms with Crippen LogP contribution in [0.15, 0.2) is 43.2 Å². The summed E-state index contributed by atoms with van der Waals surface area (Å²) in [4.78, 5) is 23.1. The van der Waals surface area contributed by atoms with E-state index in [2.05, 4.69) is 30.0 Å². The summed E-state index contributed by atoms with van der Waals surface area (Å²) in [5.74, 6) is 1.64. The van der Waals surface area contributed by atoms with Crippen molar-refractivity contribution in [2.75, 3.05) is 11.4 Å². The molecular weight excluding hydrogens is 457 g/mol. The van der Waals surface area contributed by atoms with E-state index in [1.807, 2.05) is 11.8 Å². The van der Waals surface area contributed by atoms with Crippen LogP contribution in [0.25, 0.3) is 16.9 Å². The summed E-state index contributed by atoms with van der Waals surface area (Å²) in [7, 11) is 0. The molecule has 1 aliphatic carbocycles. The van der Waals surface area contributed by atoms with Crippen molar-refractivity contribution in [3.05, 3.63) is 59.7 Å². The van der Waals surface area contributed by atoms with E-state index < -0.39 is 17.8 Å². The minimum absolute atomic E-state index is 0.0363. The summed E-state index contributed by atoms with van der Waals surface area (Å²) >= 11 is 6.09. The molecule has 0 N–H and O–H groups in total. The van der Waals surface area contributed by atoms with Crippen molar-refractivity contribution in [3.63, 3.8) is 0 Å². The van der Waals surface area contributed by atoms with Crippen LogP contribution in [0.4, 0.5) is 19.0 Å². The highest BCUT2D eigenvalue weighted by Crippen LogP contribution is 2.41. The highest BCUT2D eigenvalue weighted by Gasteiger charge is 2.36. The monoisotopic (exact) mass is 474 g/mol. The molecular formula is C21H18ClF3N8. The minimum Gasteiger partial charge on any atom is -0.346 e. The van der Waals surface area contributed by atoms with E-state index in [4.69, 9.17) is 11.6 Å². The molecule has 0 unspecified atom stereocenters. The van der Waals surface area contributed by atoms with Crippen LogP contribution < -0.4 is 4.90 Å². The van der Waals surface area contributed by atoms with Crippen LogP contribution in [0, 0.1) is 5.92 Å². The molecule has 0 aliphatic heterocycles. The summed E-state index contributed by atoms with van der Waals surface area (Å²) < 4.78 is 42.6. The van der Waals surface area contributed by atoms with Gasteiger partial charge in [-0.3, -0.25) is 0 Å². The number of aromatic nitrogens is 7. The molecule has 3 heterocycles. The molecule has 3 aromatic heterocycles. The number of fused-ring (bicyclic) bond motifs is 1. The van der Waals surface area contributed by atoms with Crippen LogP contribution >= 0.6 is 11.6 Å². The first kappa shape index (κ1) is 21.5. The predicted octanol–water partition coefficient (Wildman–Crippen LogP) is 4.65. The van der Waals surface area contributed by atoms with E-state index in [9.17, 15) is 13.2 Å². The second-order valence-electron chi connectivity index (χ2n) is 7.90. The summed E-state index contributed by atoms with van der Waals surface area (Å²) in [5.41, 5.74) is -1.09. The number of halogens is 4. The average Bonchev–Trinajstić information content (AvgIpc) is 3.48. The highest BCUT2D eigenvalue weighted by molar-refractivity contribution is 6.31. The lowest BCUT2D eigenvalue weighted by molar-refractivity contribution is -0.136. The molecule has 0 spiro atoms. The normalized spacial score (nSPS) is 15.1. The van der Waals surface area contributed by atoms with E-state index in [-0.39, 0.29) is 15.9 Å². The largest absolute Gasteiger partial charge is 0.418 e. The summed E-state index contributed by atoms with van der Waals surface area (Å²) in [6.45, 7) is 2.48. The Bertz CT molecular complexity index is 1290. The van der Waals surface area contributed by atoms with Crippen molar-refractivity contribution in [1.82, 2.24) is 34.7 Å². The molecule has 1 aliphatic rings. The number of nitrogens with zero attached hydrogens (tertiary/aromatic N) is 8. The Balaban J connectivity index is 1.65. The van der Waals surface area contributed by atoms with Gasteiger partial charge in [-0.15, -0.1) is 0 Å². The molecule has 1 atom stereocenters. The van der Waals surface area contributed by atoms with Crippen molar-refractivity contribution in [3.8, 4) is 5.95 Å². The summed E-state index contributed by atoms with van der Waals surface area (Å²) in [6.07, 6.45) is 3.21. The van der Waals surface area contributed by atoms with Gasteiger partial charge in [0.25, 0.3) is 5.95 Å². The maximum atomic E-state index is 13.7. The summed E-state index contributed by atoms with van der Waals surface area (Å²) in [5, 5.41) is 4.44. The number of hydrogen-bond donors (Lipinski definition) is 0.